The van der Waals surface area contributed by atoms with Crippen molar-refractivity contribution in [2.24, 2.45) is 0 Å². The van der Waals surface area contributed by atoms with Crippen LogP contribution < -0.4 is 5.32 Å². The second-order valence-electron chi connectivity index (χ2n) is 3.22. The fourth-order valence-corrected chi connectivity index (χ4v) is 1.84. The maximum atomic E-state index is 11.7. The predicted molar refractivity (Wildman–Crippen MR) is 62.4 cm³/mol. The highest BCUT2D eigenvalue weighted by molar-refractivity contribution is 7.89. The van der Waals surface area contributed by atoms with Crippen molar-refractivity contribution in [3.05, 3.63) is 18.3 Å². The molecule has 0 amide bonds. The number of nitrogens with zero attached hydrogens (tertiary/aromatic N) is 2. The lowest BCUT2D eigenvalue weighted by molar-refractivity contribution is 0.520. The lowest BCUT2D eigenvalue weighted by Crippen LogP contribution is -2.22. The summed E-state index contributed by atoms with van der Waals surface area (Å²) < 4.78 is 24.5. The Morgan fingerprint density at radius 2 is 2.19 bits per heavy atom. The van der Waals surface area contributed by atoms with Gasteiger partial charge in [-0.15, -0.1) is 6.42 Å². The second kappa shape index (κ2) is 4.96. The van der Waals surface area contributed by atoms with Crippen molar-refractivity contribution in [1.82, 2.24) is 9.29 Å². The molecule has 0 aliphatic rings. The van der Waals surface area contributed by atoms with Crippen LogP contribution in [0, 0.1) is 12.3 Å². The molecule has 86 valence electrons. The van der Waals surface area contributed by atoms with Gasteiger partial charge in [0.1, 0.15) is 10.7 Å². The van der Waals surface area contributed by atoms with Gasteiger partial charge in [-0.1, -0.05) is 5.92 Å². The van der Waals surface area contributed by atoms with E-state index in [9.17, 15) is 8.42 Å². The molecular formula is C10H13N3O2S. The Kier molecular flexibility index (Phi) is 3.88. The SMILES string of the molecule is C#CCNc1ccc(S(=O)(=O)N(C)C)cn1. The van der Waals surface area contributed by atoms with E-state index in [1.807, 2.05) is 0 Å². The molecule has 0 fully saturated rings. The Hall–Kier alpha value is -1.58. The third kappa shape index (κ3) is 2.72. The number of terminal acetylenes is 1. The fraction of sp³-hybridized carbons (Fsp3) is 0.300. The third-order valence-corrected chi connectivity index (χ3v) is 3.69. The Morgan fingerprint density at radius 1 is 1.50 bits per heavy atom. The summed E-state index contributed by atoms with van der Waals surface area (Å²) in [4.78, 5) is 4.11. The Morgan fingerprint density at radius 3 is 2.62 bits per heavy atom. The first-order chi connectivity index (χ1) is 7.48. The molecule has 1 aromatic heterocycles. The van der Waals surface area contributed by atoms with Crippen LogP contribution in [-0.2, 0) is 10.0 Å². The number of anilines is 1. The van der Waals surface area contributed by atoms with Gasteiger partial charge in [0.05, 0.1) is 6.54 Å². The van der Waals surface area contributed by atoms with Crippen molar-refractivity contribution in [1.29, 1.82) is 0 Å². The van der Waals surface area contributed by atoms with Crippen molar-refractivity contribution in [3.63, 3.8) is 0 Å². The quantitative estimate of drug-likeness (QED) is 0.771. The van der Waals surface area contributed by atoms with Crippen molar-refractivity contribution in [2.75, 3.05) is 26.0 Å². The van der Waals surface area contributed by atoms with Crippen LogP contribution >= 0.6 is 0 Å². The highest BCUT2D eigenvalue weighted by Gasteiger charge is 2.16. The van der Waals surface area contributed by atoms with Crippen molar-refractivity contribution < 1.29 is 8.42 Å². The Labute approximate surface area is 95.5 Å². The molecule has 6 heteroatoms. The molecule has 0 bridgehead atoms. The molecule has 0 saturated carbocycles. The molecule has 1 rings (SSSR count). The standard InChI is InChI=1S/C10H13N3O2S/c1-4-7-11-10-6-5-9(8-12-10)16(14,15)13(2)3/h1,5-6,8H,7H2,2-3H3,(H,11,12). The van der Waals surface area contributed by atoms with Crippen LogP contribution in [-0.4, -0.2) is 38.3 Å². The van der Waals surface area contributed by atoms with E-state index in [0.717, 1.165) is 4.31 Å². The zero-order chi connectivity index (χ0) is 12.2. The van der Waals surface area contributed by atoms with E-state index >= 15 is 0 Å². The van der Waals surface area contributed by atoms with Gasteiger partial charge in [0.15, 0.2) is 0 Å². The average Bonchev–Trinajstić information content (AvgIpc) is 2.26. The third-order valence-electron chi connectivity index (χ3n) is 1.89. The van der Waals surface area contributed by atoms with Crippen LogP contribution in [0.25, 0.3) is 0 Å². The van der Waals surface area contributed by atoms with Crippen molar-refractivity contribution in [3.8, 4) is 12.3 Å². The van der Waals surface area contributed by atoms with Crippen LogP contribution in [0.5, 0.6) is 0 Å². The molecule has 16 heavy (non-hydrogen) atoms. The molecule has 0 unspecified atom stereocenters. The molecule has 0 aliphatic heterocycles. The van der Waals surface area contributed by atoms with Crippen molar-refractivity contribution >= 4 is 15.8 Å². The van der Waals surface area contributed by atoms with Gasteiger partial charge >= 0.3 is 0 Å². The molecule has 0 aliphatic carbocycles. The summed E-state index contributed by atoms with van der Waals surface area (Å²) in [5, 5.41) is 2.85. The first-order valence-corrected chi connectivity index (χ1v) is 5.98. The van der Waals surface area contributed by atoms with Gasteiger partial charge in [0.2, 0.25) is 10.0 Å². The van der Waals surface area contributed by atoms with E-state index in [4.69, 9.17) is 6.42 Å². The highest BCUT2D eigenvalue weighted by atomic mass is 32.2. The zero-order valence-corrected chi connectivity index (χ0v) is 9.95. The number of hydrogen-bond acceptors (Lipinski definition) is 4. The summed E-state index contributed by atoms with van der Waals surface area (Å²) in [5.74, 6) is 2.95. The first-order valence-electron chi connectivity index (χ1n) is 4.54. The van der Waals surface area contributed by atoms with Crippen LogP contribution in [0.1, 0.15) is 0 Å². The molecule has 1 N–H and O–H groups in total. The van der Waals surface area contributed by atoms with Crippen LogP contribution in [0.4, 0.5) is 5.82 Å². The first kappa shape index (κ1) is 12.5. The van der Waals surface area contributed by atoms with Gasteiger partial charge in [-0.05, 0) is 12.1 Å². The predicted octanol–water partition coefficient (Wildman–Crippen LogP) is 0.377. The fourth-order valence-electron chi connectivity index (χ4n) is 0.990. The lowest BCUT2D eigenvalue weighted by atomic mass is 10.4. The highest BCUT2D eigenvalue weighted by Crippen LogP contribution is 2.13. The van der Waals surface area contributed by atoms with E-state index in [0.29, 0.717) is 12.4 Å². The summed E-state index contributed by atoms with van der Waals surface area (Å²) in [5.41, 5.74) is 0. The Balaban J connectivity index is 2.92. The molecule has 1 aromatic rings. The number of rotatable bonds is 4. The lowest BCUT2D eigenvalue weighted by Gasteiger charge is -2.11. The number of sulfonamides is 1. The monoisotopic (exact) mass is 239 g/mol. The minimum Gasteiger partial charge on any atom is -0.359 e. The molecule has 0 saturated heterocycles. The van der Waals surface area contributed by atoms with Crippen molar-refractivity contribution in [2.45, 2.75) is 4.90 Å². The molecule has 0 aromatic carbocycles. The number of hydrogen-bond donors (Lipinski definition) is 1. The van der Waals surface area contributed by atoms with Gasteiger partial charge < -0.3 is 5.32 Å². The van der Waals surface area contributed by atoms with Crippen LogP contribution in [0.15, 0.2) is 23.2 Å². The van der Waals surface area contributed by atoms with E-state index in [2.05, 4.69) is 16.2 Å². The second-order valence-corrected chi connectivity index (χ2v) is 5.38. The van der Waals surface area contributed by atoms with Crippen LogP contribution in [0.2, 0.25) is 0 Å². The van der Waals surface area contributed by atoms with Gasteiger partial charge in [-0.2, -0.15) is 0 Å². The maximum Gasteiger partial charge on any atom is 0.244 e. The van der Waals surface area contributed by atoms with Gasteiger partial charge in [-0.3, -0.25) is 0 Å². The molecule has 0 spiro atoms. The molecule has 1 heterocycles. The summed E-state index contributed by atoms with van der Waals surface area (Å²) >= 11 is 0. The largest absolute Gasteiger partial charge is 0.359 e. The smallest absolute Gasteiger partial charge is 0.244 e. The maximum absolute atomic E-state index is 11.7. The number of nitrogens with one attached hydrogen (secondary N) is 1. The van der Waals surface area contributed by atoms with Gasteiger partial charge in [-0.25, -0.2) is 17.7 Å². The molecular weight excluding hydrogens is 226 g/mol. The zero-order valence-electron chi connectivity index (χ0n) is 9.14. The van der Waals surface area contributed by atoms with Gasteiger partial charge in [0, 0.05) is 20.3 Å². The van der Waals surface area contributed by atoms with E-state index in [1.54, 1.807) is 6.07 Å². The van der Waals surface area contributed by atoms with E-state index in [1.165, 1.54) is 26.4 Å². The minimum absolute atomic E-state index is 0.156. The normalized spacial score (nSPS) is 11.1. The Bertz CT molecular complexity index is 486. The van der Waals surface area contributed by atoms with E-state index < -0.39 is 10.0 Å². The van der Waals surface area contributed by atoms with E-state index in [-0.39, 0.29) is 4.90 Å². The number of pyridine rings is 1. The molecule has 0 radical (unpaired) electrons. The molecule has 0 atom stereocenters. The average molecular weight is 239 g/mol. The topological polar surface area (TPSA) is 62.3 Å². The summed E-state index contributed by atoms with van der Waals surface area (Å²) in [6, 6.07) is 3.06. The minimum atomic E-state index is -3.41. The summed E-state index contributed by atoms with van der Waals surface area (Å²) in [7, 11) is -0.467. The summed E-state index contributed by atoms with van der Waals surface area (Å²) in [6.07, 6.45) is 6.37. The summed E-state index contributed by atoms with van der Waals surface area (Å²) in [6.45, 7) is 0.354. The van der Waals surface area contributed by atoms with Crippen LogP contribution in [0.3, 0.4) is 0 Å². The molecule has 5 nitrogen and oxygen atoms in total. The number of aromatic nitrogens is 1. The van der Waals surface area contributed by atoms with Gasteiger partial charge in [0.25, 0.3) is 0 Å².